The maximum atomic E-state index is 12.0. The second-order valence-electron chi connectivity index (χ2n) is 10.6. The molecule has 0 aromatic rings. The van der Waals surface area contributed by atoms with Crippen LogP contribution in [0, 0.1) is 0 Å². The molecule has 0 amide bonds. The molecule has 1 aliphatic heterocycles. The summed E-state index contributed by atoms with van der Waals surface area (Å²) in [6, 6.07) is 0. The molecular formula is C30H56O9. The van der Waals surface area contributed by atoms with Crippen LogP contribution in [0.4, 0.5) is 0 Å². The highest BCUT2D eigenvalue weighted by Gasteiger charge is 2.44. The molecule has 0 aromatic carbocycles. The Labute approximate surface area is 235 Å². The number of carbonyl (C=O) groups excluding carboxylic acids is 1. The van der Waals surface area contributed by atoms with Crippen LogP contribution in [0.5, 0.6) is 0 Å². The van der Waals surface area contributed by atoms with Crippen molar-refractivity contribution in [1.29, 1.82) is 0 Å². The summed E-state index contributed by atoms with van der Waals surface area (Å²) in [7, 11) is 0. The molecule has 1 heterocycles. The summed E-state index contributed by atoms with van der Waals surface area (Å²) in [5.41, 5.74) is 0. The second kappa shape index (κ2) is 23.6. The predicted molar refractivity (Wildman–Crippen MR) is 150 cm³/mol. The lowest BCUT2D eigenvalue weighted by Gasteiger charge is -2.39. The van der Waals surface area contributed by atoms with Crippen LogP contribution in [0.2, 0.25) is 0 Å². The average Bonchev–Trinajstić information content (AvgIpc) is 2.93. The van der Waals surface area contributed by atoms with Crippen LogP contribution in [0.15, 0.2) is 12.2 Å². The van der Waals surface area contributed by atoms with E-state index in [2.05, 4.69) is 19.1 Å². The zero-order valence-corrected chi connectivity index (χ0v) is 24.4. The van der Waals surface area contributed by atoms with E-state index in [1.807, 2.05) is 6.92 Å². The highest BCUT2D eigenvalue weighted by molar-refractivity contribution is 5.69. The van der Waals surface area contributed by atoms with Crippen molar-refractivity contribution in [3.8, 4) is 0 Å². The van der Waals surface area contributed by atoms with E-state index in [0.29, 0.717) is 13.0 Å². The number of hydrogen-bond acceptors (Lipinski definition) is 9. The Morgan fingerprint density at radius 3 is 2.03 bits per heavy atom. The Morgan fingerprint density at radius 1 is 0.795 bits per heavy atom. The Bertz CT molecular complexity index is 613. The van der Waals surface area contributed by atoms with E-state index >= 15 is 0 Å². The van der Waals surface area contributed by atoms with Crippen molar-refractivity contribution in [2.24, 2.45) is 0 Å². The topological polar surface area (TPSA) is 135 Å². The molecule has 1 rings (SSSR count). The van der Waals surface area contributed by atoms with E-state index in [4.69, 9.17) is 18.9 Å². The summed E-state index contributed by atoms with van der Waals surface area (Å²) in [5.74, 6) is -0.370. The monoisotopic (exact) mass is 560 g/mol. The van der Waals surface area contributed by atoms with Gasteiger partial charge in [-0.05, 0) is 38.5 Å². The van der Waals surface area contributed by atoms with Crippen LogP contribution in [0.25, 0.3) is 0 Å². The predicted octanol–water partition coefficient (Wildman–Crippen LogP) is 4.18. The van der Waals surface area contributed by atoms with Gasteiger partial charge in [0.25, 0.3) is 0 Å². The van der Waals surface area contributed by atoms with Gasteiger partial charge in [-0.3, -0.25) is 4.79 Å². The molecule has 0 aliphatic carbocycles. The Hall–Kier alpha value is -1.07. The molecule has 1 fully saturated rings. The van der Waals surface area contributed by atoms with Gasteiger partial charge in [-0.15, -0.1) is 0 Å². The van der Waals surface area contributed by atoms with Gasteiger partial charge in [0.05, 0.1) is 19.8 Å². The van der Waals surface area contributed by atoms with E-state index in [9.17, 15) is 25.2 Å². The van der Waals surface area contributed by atoms with Crippen molar-refractivity contribution < 1.29 is 44.2 Å². The van der Waals surface area contributed by atoms with Crippen LogP contribution in [-0.2, 0) is 23.7 Å². The van der Waals surface area contributed by atoms with Crippen LogP contribution >= 0.6 is 0 Å². The largest absolute Gasteiger partial charge is 0.457 e. The summed E-state index contributed by atoms with van der Waals surface area (Å²) >= 11 is 0. The molecule has 0 aromatic heterocycles. The van der Waals surface area contributed by atoms with E-state index in [1.54, 1.807) is 0 Å². The zero-order chi connectivity index (χ0) is 28.7. The molecule has 6 atom stereocenters. The minimum absolute atomic E-state index is 0.120. The van der Waals surface area contributed by atoms with Crippen molar-refractivity contribution in [2.45, 2.75) is 147 Å². The number of ether oxygens (including phenoxy) is 4. The third-order valence-electron chi connectivity index (χ3n) is 6.90. The van der Waals surface area contributed by atoms with E-state index in [1.165, 1.54) is 70.6 Å². The molecule has 0 bridgehead atoms. The number of carbonyl (C=O) groups is 1. The smallest absolute Gasteiger partial charge is 0.306 e. The van der Waals surface area contributed by atoms with Gasteiger partial charge in [0.2, 0.25) is 0 Å². The van der Waals surface area contributed by atoms with Crippen LogP contribution in [0.3, 0.4) is 0 Å². The molecule has 230 valence electrons. The van der Waals surface area contributed by atoms with Gasteiger partial charge in [-0.2, -0.15) is 0 Å². The highest BCUT2D eigenvalue weighted by Crippen LogP contribution is 2.22. The fraction of sp³-hybridized carbons (Fsp3) is 0.900. The summed E-state index contributed by atoms with van der Waals surface area (Å²) in [6.45, 7) is 4.14. The summed E-state index contributed by atoms with van der Waals surface area (Å²) in [4.78, 5) is 12.0. The average molecular weight is 561 g/mol. The SMILES string of the molecule is CCCCCCC/C=C\CCCCCCCCOCC(COC1OC(CO)C(O)C(O)C1O)OC(=O)CCC. The van der Waals surface area contributed by atoms with E-state index < -0.39 is 43.4 Å². The lowest BCUT2D eigenvalue weighted by atomic mass is 9.99. The van der Waals surface area contributed by atoms with Gasteiger partial charge >= 0.3 is 5.97 Å². The fourth-order valence-electron chi connectivity index (χ4n) is 4.46. The first-order chi connectivity index (χ1) is 18.9. The van der Waals surface area contributed by atoms with E-state index in [-0.39, 0.29) is 25.6 Å². The van der Waals surface area contributed by atoms with E-state index in [0.717, 1.165) is 12.8 Å². The Kier molecular flexibility index (Phi) is 21.8. The number of unbranched alkanes of at least 4 members (excludes halogenated alkanes) is 11. The van der Waals surface area contributed by atoms with Crippen LogP contribution in [0.1, 0.15) is 110 Å². The van der Waals surface area contributed by atoms with Gasteiger partial charge < -0.3 is 39.4 Å². The first-order valence-corrected chi connectivity index (χ1v) is 15.3. The molecule has 0 spiro atoms. The zero-order valence-electron chi connectivity index (χ0n) is 24.4. The standard InChI is InChI=1S/C30H56O9/c1-3-5-6-7-8-9-10-11-12-13-14-15-16-17-18-20-36-22-24(38-26(32)19-4-2)23-37-30-29(35)28(34)27(33)25(21-31)39-30/h10-11,24-25,27-31,33-35H,3-9,12-23H2,1-2H3/b11-10-. The summed E-state index contributed by atoms with van der Waals surface area (Å²) in [6.07, 6.45) is 14.0. The molecule has 0 saturated carbocycles. The maximum absolute atomic E-state index is 12.0. The lowest BCUT2D eigenvalue weighted by molar-refractivity contribution is -0.305. The molecule has 6 unspecified atom stereocenters. The second-order valence-corrected chi connectivity index (χ2v) is 10.6. The van der Waals surface area contributed by atoms with Crippen LogP contribution < -0.4 is 0 Å². The Balaban J connectivity index is 2.19. The number of aliphatic hydroxyl groups is 4. The molecule has 9 heteroatoms. The van der Waals surface area contributed by atoms with Gasteiger partial charge in [-0.25, -0.2) is 0 Å². The van der Waals surface area contributed by atoms with Gasteiger partial charge in [0.15, 0.2) is 6.29 Å². The van der Waals surface area contributed by atoms with Crippen LogP contribution in [-0.4, -0.2) is 89.6 Å². The molecule has 1 saturated heterocycles. The minimum atomic E-state index is -1.53. The van der Waals surface area contributed by atoms with Gasteiger partial charge in [0.1, 0.15) is 30.5 Å². The molecule has 1 aliphatic rings. The molecule has 9 nitrogen and oxygen atoms in total. The Morgan fingerprint density at radius 2 is 1.41 bits per heavy atom. The van der Waals surface area contributed by atoms with Crippen molar-refractivity contribution in [1.82, 2.24) is 0 Å². The van der Waals surface area contributed by atoms with Gasteiger partial charge in [0, 0.05) is 13.0 Å². The van der Waals surface area contributed by atoms with Crippen molar-refractivity contribution in [3.63, 3.8) is 0 Å². The molecule has 0 radical (unpaired) electrons. The number of allylic oxidation sites excluding steroid dienone is 2. The third-order valence-corrected chi connectivity index (χ3v) is 6.90. The maximum Gasteiger partial charge on any atom is 0.306 e. The first-order valence-electron chi connectivity index (χ1n) is 15.3. The third kappa shape index (κ3) is 16.7. The van der Waals surface area contributed by atoms with Crippen molar-refractivity contribution in [3.05, 3.63) is 12.2 Å². The number of rotatable bonds is 24. The highest BCUT2D eigenvalue weighted by atomic mass is 16.7. The van der Waals surface area contributed by atoms with Crippen molar-refractivity contribution >= 4 is 5.97 Å². The van der Waals surface area contributed by atoms with Gasteiger partial charge in [-0.1, -0.05) is 77.4 Å². The summed E-state index contributed by atoms with van der Waals surface area (Å²) in [5, 5.41) is 39.3. The number of aliphatic hydroxyl groups excluding tert-OH is 4. The number of esters is 1. The molecule has 39 heavy (non-hydrogen) atoms. The molecule has 4 N–H and O–H groups in total. The lowest BCUT2D eigenvalue weighted by Crippen LogP contribution is -2.59. The quantitative estimate of drug-likeness (QED) is 0.0779. The fourth-order valence-corrected chi connectivity index (χ4v) is 4.46. The van der Waals surface area contributed by atoms with Crippen molar-refractivity contribution in [2.75, 3.05) is 26.4 Å². The normalized spacial score (nSPS) is 24.3. The first kappa shape index (κ1) is 36.0. The molecular weight excluding hydrogens is 504 g/mol. The minimum Gasteiger partial charge on any atom is -0.457 e. The number of hydrogen-bond donors (Lipinski definition) is 4. The summed E-state index contributed by atoms with van der Waals surface area (Å²) < 4.78 is 22.1.